The van der Waals surface area contributed by atoms with Crippen LogP contribution < -0.4 is 0 Å². The lowest BCUT2D eigenvalue weighted by Crippen LogP contribution is -2.30. The first-order valence-corrected chi connectivity index (χ1v) is 22.9. The van der Waals surface area contributed by atoms with Gasteiger partial charge in [-0.05, 0) is 25.2 Å². The molecular formula is C46H88O6. The Bertz CT molecular complexity index is 783. The largest absolute Gasteiger partial charge is 0.462 e. The second kappa shape index (κ2) is 40.6. The molecule has 52 heavy (non-hydrogen) atoms. The van der Waals surface area contributed by atoms with Crippen LogP contribution in [0.5, 0.6) is 0 Å². The Hall–Kier alpha value is -1.59. The van der Waals surface area contributed by atoms with Crippen LogP contribution in [0.25, 0.3) is 0 Å². The van der Waals surface area contributed by atoms with Crippen molar-refractivity contribution in [2.75, 3.05) is 13.2 Å². The number of unbranched alkanes of at least 4 members (excludes halogenated alkanes) is 27. The van der Waals surface area contributed by atoms with E-state index in [0.717, 1.165) is 63.7 Å². The van der Waals surface area contributed by atoms with E-state index in [4.69, 9.17) is 14.2 Å². The lowest BCUT2D eigenvalue weighted by molar-refractivity contribution is -0.167. The van der Waals surface area contributed by atoms with Crippen LogP contribution in [0.4, 0.5) is 0 Å². The second-order valence-electron chi connectivity index (χ2n) is 15.9. The van der Waals surface area contributed by atoms with Gasteiger partial charge in [0.25, 0.3) is 0 Å². The third-order valence-corrected chi connectivity index (χ3v) is 10.7. The van der Waals surface area contributed by atoms with Crippen molar-refractivity contribution < 1.29 is 28.6 Å². The van der Waals surface area contributed by atoms with Crippen molar-refractivity contribution in [3.63, 3.8) is 0 Å². The average Bonchev–Trinajstić information content (AvgIpc) is 3.14. The molecule has 1 unspecified atom stereocenters. The molecule has 0 radical (unpaired) electrons. The SMILES string of the molecule is CCCCCCCCCCCCCCCCC(=O)OC[C@@H](COC(=O)CCCCCCCCCCCC)OC(=O)CCCCCCCCC(C)CC. The summed E-state index contributed by atoms with van der Waals surface area (Å²) in [6.45, 7) is 8.96. The molecular weight excluding hydrogens is 648 g/mol. The highest BCUT2D eigenvalue weighted by Gasteiger charge is 2.19. The number of esters is 3. The monoisotopic (exact) mass is 737 g/mol. The molecule has 0 rings (SSSR count). The summed E-state index contributed by atoms with van der Waals surface area (Å²) in [6.07, 6.45) is 39.4. The summed E-state index contributed by atoms with van der Waals surface area (Å²) in [7, 11) is 0. The summed E-state index contributed by atoms with van der Waals surface area (Å²) >= 11 is 0. The van der Waals surface area contributed by atoms with E-state index in [1.165, 1.54) is 148 Å². The van der Waals surface area contributed by atoms with Gasteiger partial charge in [0.1, 0.15) is 13.2 Å². The smallest absolute Gasteiger partial charge is 0.306 e. The molecule has 0 saturated carbocycles. The molecule has 0 aliphatic carbocycles. The molecule has 0 bridgehead atoms. The van der Waals surface area contributed by atoms with Crippen molar-refractivity contribution in [1.29, 1.82) is 0 Å². The molecule has 6 heteroatoms. The first kappa shape index (κ1) is 50.4. The van der Waals surface area contributed by atoms with Gasteiger partial charge < -0.3 is 14.2 Å². The zero-order chi connectivity index (χ0) is 38.2. The fourth-order valence-corrected chi connectivity index (χ4v) is 6.77. The zero-order valence-corrected chi connectivity index (χ0v) is 35.3. The Morgan fingerprint density at radius 1 is 0.385 bits per heavy atom. The summed E-state index contributed by atoms with van der Waals surface area (Å²) in [5.74, 6) is -0.0479. The first-order valence-electron chi connectivity index (χ1n) is 22.9. The summed E-state index contributed by atoms with van der Waals surface area (Å²) in [6, 6.07) is 0. The minimum absolute atomic E-state index is 0.0646. The van der Waals surface area contributed by atoms with Gasteiger partial charge in [-0.15, -0.1) is 0 Å². The number of hydrogen-bond acceptors (Lipinski definition) is 6. The van der Waals surface area contributed by atoms with E-state index in [1.807, 2.05) is 0 Å². The molecule has 308 valence electrons. The third kappa shape index (κ3) is 38.1. The number of hydrogen-bond donors (Lipinski definition) is 0. The van der Waals surface area contributed by atoms with Gasteiger partial charge in [-0.25, -0.2) is 0 Å². The van der Waals surface area contributed by atoms with Crippen LogP contribution in [0.1, 0.15) is 252 Å². The first-order chi connectivity index (χ1) is 25.4. The zero-order valence-electron chi connectivity index (χ0n) is 35.3. The minimum atomic E-state index is -0.759. The van der Waals surface area contributed by atoms with E-state index >= 15 is 0 Å². The van der Waals surface area contributed by atoms with Gasteiger partial charge in [0.2, 0.25) is 0 Å². The Kier molecular flexibility index (Phi) is 39.4. The maximum Gasteiger partial charge on any atom is 0.306 e. The molecule has 0 heterocycles. The van der Waals surface area contributed by atoms with Crippen LogP contribution in [0, 0.1) is 5.92 Å². The van der Waals surface area contributed by atoms with Crippen LogP contribution in [0.2, 0.25) is 0 Å². The highest BCUT2D eigenvalue weighted by atomic mass is 16.6. The molecule has 6 nitrogen and oxygen atoms in total. The predicted octanol–water partition coefficient (Wildman–Crippen LogP) is 14.3. The minimum Gasteiger partial charge on any atom is -0.462 e. The van der Waals surface area contributed by atoms with Gasteiger partial charge in [0.05, 0.1) is 0 Å². The highest BCUT2D eigenvalue weighted by molar-refractivity contribution is 5.71. The fraction of sp³-hybridized carbons (Fsp3) is 0.935. The molecule has 0 saturated heterocycles. The van der Waals surface area contributed by atoms with E-state index in [-0.39, 0.29) is 31.1 Å². The number of ether oxygens (including phenoxy) is 3. The maximum absolute atomic E-state index is 12.7. The van der Waals surface area contributed by atoms with Crippen molar-refractivity contribution in [2.24, 2.45) is 5.92 Å². The summed E-state index contributed by atoms with van der Waals surface area (Å²) in [5.41, 5.74) is 0. The van der Waals surface area contributed by atoms with E-state index < -0.39 is 6.10 Å². The van der Waals surface area contributed by atoms with Crippen LogP contribution in [0.15, 0.2) is 0 Å². The number of carbonyl (C=O) groups is 3. The van der Waals surface area contributed by atoms with Gasteiger partial charge in [-0.1, -0.05) is 214 Å². The van der Waals surface area contributed by atoms with Crippen molar-refractivity contribution >= 4 is 17.9 Å². The van der Waals surface area contributed by atoms with Crippen LogP contribution >= 0.6 is 0 Å². The number of carbonyl (C=O) groups excluding carboxylic acids is 3. The van der Waals surface area contributed by atoms with Gasteiger partial charge in [-0.2, -0.15) is 0 Å². The van der Waals surface area contributed by atoms with E-state index in [9.17, 15) is 14.4 Å². The van der Waals surface area contributed by atoms with Crippen LogP contribution in [0.3, 0.4) is 0 Å². The molecule has 2 atom stereocenters. The molecule has 0 aromatic heterocycles. The molecule has 0 amide bonds. The normalized spacial score (nSPS) is 12.5. The molecule has 0 N–H and O–H groups in total. The summed E-state index contributed by atoms with van der Waals surface area (Å²) in [5, 5.41) is 0. The molecule has 0 aromatic rings. The van der Waals surface area contributed by atoms with Crippen molar-refractivity contribution in [3.05, 3.63) is 0 Å². The van der Waals surface area contributed by atoms with Crippen molar-refractivity contribution in [2.45, 2.75) is 259 Å². The highest BCUT2D eigenvalue weighted by Crippen LogP contribution is 2.17. The van der Waals surface area contributed by atoms with Crippen molar-refractivity contribution in [3.8, 4) is 0 Å². The lowest BCUT2D eigenvalue weighted by Gasteiger charge is -2.18. The third-order valence-electron chi connectivity index (χ3n) is 10.7. The molecule has 0 aliphatic rings. The standard InChI is InChI=1S/C46H88O6/c1-5-8-10-12-14-16-18-19-20-21-23-25-30-34-38-45(48)51-41-43(52-46(49)39-35-31-27-26-28-32-36-42(4)7-3)40-50-44(47)37-33-29-24-22-17-15-13-11-9-6-2/h42-43H,5-41H2,1-4H3/t42?,43-/m1/s1. The molecule has 0 fully saturated rings. The Labute approximate surface area is 323 Å². The average molecular weight is 737 g/mol. The Morgan fingerprint density at radius 2 is 0.673 bits per heavy atom. The summed E-state index contributed by atoms with van der Waals surface area (Å²) < 4.78 is 16.7. The summed E-state index contributed by atoms with van der Waals surface area (Å²) in [4.78, 5) is 37.6. The van der Waals surface area contributed by atoms with Gasteiger partial charge >= 0.3 is 17.9 Å². The Balaban J connectivity index is 4.31. The Morgan fingerprint density at radius 3 is 1.00 bits per heavy atom. The van der Waals surface area contributed by atoms with Crippen LogP contribution in [-0.2, 0) is 28.6 Å². The van der Waals surface area contributed by atoms with Crippen molar-refractivity contribution in [1.82, 2.24) is 0 Å². The van der Waals surface area contributed by atoms with E-state index in [1.54, 1.807) is 0 Å². The second-order valence-corrected chi connectivity index (χ2v) is 15.9. The van der Waals surface area contributed by atoms with Gasteiger partial charge in [-0.3, -0.25) is 14.4 Å². The fourth-order valence-electron chi connectivity index (χ4n) is 6.77. The predicted molar refractivity (Wildman–Crippen MR) is 220 cm³/mol. The number of rotatable bonds is 41. The molecule has 0 aromatic carbocycles. The quantitative estimate of drug-likeness (QED) is 0.0353. The van der Waals surface area contributed by atoms with Gasteiger partial charge in [0.15, 0.2) is 6.10 Å². The van der Waals surface area contributed by atoms with E-state index in [0.29, 0.717) is 19.3 Å². The molecule has 0 aliphatic heterocycles. The van der Waals surface area contributed by atoms with Crippen LogP contribution in [-0.4, -0.2) is 37.2 Å². The van der Waals surface area contributed by atoms with Gasteiger partial charge in [0, 0.05) is 19.3 Å². The topological polar surface area (TPSA) is 78.9 Å². The lowest BCUT2D eigenvalue weighted by atomic mass is 10.00. The maximum atomic E-state index is 12.7. The van der Waals surface area contributed by atoms with E-state index in [2.05, 4.69) is 27.7 Å². The molecule has 0 spiro atoms.